The highest BCUT2D eigenvalue weighted by molar-refractivity contribution is 5.88. The third-order valence-electron chi connectivity index (χ3n) is 3.02. The van der Waals surface area contributed by atoms with Crippen molar-refractivity contribution in [3.63, 3.8) is 0 Å². The molecule has 0 aliphatic heterocycles. The highest BCUT2D eigenvalue weighted by Gasteiger charge is 2.15. The molecule has 0 aliphatic carbocycles. The second-order valence-corrected chi connectivity index (χ2v) is 4.42. The average Bonchev–Trinajstić information content (AvgIpc) is 3.00. The number of nitrogens with one attached hydrogen (secondary N) is 1. The third-order valence-corrected chi connectivity index (χ3v) is 3.02. The Balaban J connectivity index is 2.12. The quantitative estimate of drug-likeness (QED) is 0.712. The van der Waals surface area contributed by atoms with E-state index in [1.165, 1.54) is 10.7 Å². The molecule has 0 atom stereocenters. The Morgan fingerprint density at radius 1 is 1.48 bits per heavy atom. The second-order valence-electron chi connectivity index (χ2n) is 4.42. The number of carboxylic acids is 1. The molecule has 0 bridgehead atoms. The standard InChI is InChI=1S/C14H11N3O4/c1-2-5-17-11(13(18)19)7-10(16-17)8-3-4-9-12(6-8)21-14(20)15-9/h2-4,6-7H,1,5H2,(H,15,20)(H,18,19). The topological polar surface area (TPSA) is 101 Å². The van der Waals surface area contributed by atoms with Crippen LogP contribution in [0.2, 0.25) is 0 Å². The number of nitrogens with zero attached hydrogens (tertiary/aromatic N) is 2. The molecule has 7 heteroatoms. The van der Waals surface area contributed by atoms with Crippen molar-refractivity contribution in [2.45, 2.75) is 6.54 Å². The first kappa shape index (κ1) is 12.9. The van der Waals surface area contributed by atoms with E-state index in [0.29, 0.717) is 28.9 Å². The minimum Gasteiger partial charge on any atom is -0.477 e. The zero-order valence-corrected chi connectivity index (χ0v) is 10.9. The van der Waals surface area contributed by atoms with Crippen LogP contribution in [0, 0.1) is 0 Å². The first-order valence-electron chi connectivity index (χ1n) is 6.14. The van der Waals surface area contributed by atoms with E-state index in [4.69, 9.17) is 9.52 Å². The number of H-pyrrole nitrogens is 1. The number of fused-ring (bicyclic) bond motifs is 1. The number of aromatic nitrogens is 3. The predicted octanol–water partition coefficient (Wildman–Crippen LogP) is 1.87. The van der Waals surface area contributed by atoms with Crippen molar-refractivity contribution in [1.29, 1.82) is 0 Å². The van der Waals surface area contributed by atoms with Gasteiger partial charge < -0.3 is 9.52 Å². The molecule has 0 saturated carbocycles. The van der Waals surface area contributed by atoms with E-state index in [-0.39, 0.29) is 5.69 Å². The van der Waals surface area contributed by atoms with E-state index in [0.717, 1.165) is 0 Å². The number of carboxylic acid groups (broad SMARTS) is 1. The first-order valence-corrected chi connectivity index (χ1v) is 6.14. The lowest BCUT2D eigenvalue weighted by atomic mass is 10.1. The molecule has 0 saturated heterocycles. The molecule has 0 fully saturated rings. The van der Waals surface area contributed by atoms with Crippen LogP contribution in [0.25, 0.3) is 22.4 Å². The lowest BCUT2D eigenvalue weighted by molar-refractivity contribution is 0.0684. The summed E-state index contributed by atoms with van der Waals surface area (Å²) in [5.41, 5.74) is 2.19. The summed E-state index contributed by atoms with van der Waals surface area (Å²) in [5, 5.41) is 13.4. The lowest BCUT2D eigenvalue weighted by Crippen LogP contribution is -2.08. The van der Waals surface area contributed by atoms with Crippen LogP contribution in [0.5, 0.6) is 0 Å². The SMILES string of the molecule is C=CCn1nc(-c2ccc3[nH]c(=O)oc3c2)cc1C(=O)O. The van der Waals surface area contributed by atoms with E-state index in [2.05, 4.69) is 16.7 Å². The number of aromatic amines is 1. The molecule has 2 N–H and O–H groups in total. The molecule has 7 nitrogen and oxygen atoms in total. The van der Waals surface area contributed by atoms with Crippen LogP contribution in [0.15, 0.2) is 46.1 Å². The van der Waals surface area contributed by atoms with Crippen LogP contribution < -0.4 is 5.76 Å². The normalized spacial score (nSPS) is 10.9. The second kappa shape index (κ2) is 4.78. The van der Waals surface area contributed by atoms with E-state index in [1.54, 1.807) is 24.3 Å². The maximum absolute atomic E-state index is 11.2. The van der Waals surface area contributed by atoms with Crippen LogP contribution in [-0.2, 0) is 6.54 Å². The van der Waals surface area contributed by atoms with Crippen LogP contribution in [0.4, 0.5) is 0 Å². The molecular weight excluding hydrogens is 274 g/mol. The molecule has 0 radical (unpaired) electrons. The van der Waals surface area contributed by atoms with Crippen LogP contribution >= 0.6 is 0 Å². The predicted molar refractivity (Wildman–Crippen MR) is 75.2 cm³/mol. The molecule has 2 heterocycles. The van der Waals surface area contributed by atoms with E-state index >= 15 is 0 Å². The Labute approximate surface area is 118 Å². The van der Waals surface area contributed by atoms with Crippen molar-refractivity contribution >= 4 is 17.1 Å². The summed E-state index contributed by atoms with van der Waals surface area (Å²) in [6.07, 6.45) is 1.57. The van der Waals surface area contributed by atoms with Gasteiger partial charge in [-0.1, -0.05) is 12.1 Å². The van der Waals surface area contributed by atoms with Crippen molar-refractivity contribution in [2.24, 2.45) is 0 Å². The Morgan fingerprint density at radius 2 is 2.29 bits per heavy atom. The van der Waals surface area contributed by atoms with Crippen molar-refractivity contribution in [1.82, 2.24) is 14.8 Å². The fourth-order valence-corrected chi connectivity index (χ4v) is 2.10. The number of carbonyl (C=O) groups is 1. The maximum Gasteiger partial charge on any atom is 0.417 e. The van der Waals surface area contributed by atoms with Gasteiger partial charge in [0, 0.05) is 5.56 Å². The Hall–Kier alpha value is -3.09. The lowest BCUT2D eigenvalue weighted by Gasteiger charge is -1.98. The summed E-state index contributed by atoms with van der Waals surface area (Å²) in [7, 11) is 0. The van der Waals surface area contributed by atoms with Gasteiger partial charge >= 0.3 is 11.7 Å². The largest absolute Gasteiger partial charge is 0.477 e. The van der Waals surface area contributed by atoms with E-state index < -0.39 is 11.7 Å². The van der Waals surface area contributed by atoms with Gasteiger partial charge in [0.05, 0.1) is 17.8 Å². The molecule has 0 spiro atoms. The third kappa shape index (κ3) is 2.25. The Bertz CT molecular complexity index is 900. The van der Waals surface area contributed by atoms with Gasteiger partial charge in [-0.15, -0.1) is 6.58 Å². The fraction of sp³-hybridized carbons (Fsp3) is 0.0714. The molecule has 2 aromatic heterocycles. The van der Waals surface area contributed by atoms with Gasteiger partial charge in [0.25, 0.3) is 0 Å². The minimum absolute atomic E-state index is 0.0699. The summed E-state index contributed by atoms with van der Waals surface area (Å²) in [5.74, 6) is -1.60. The molecule has 0 aliphatic rings. The molecule has 1 aromatic carbocycles. The van der Waals surface area contributed by atoms with Crippen LogP contribution in [0.3, 0.4) is 0 Å². The maximum atomic E-state index is 11.2. The number of allylic oxidation sites excluding steroid dienone is 1. The highest BCUT2D eigenvalue weighted by atomic mass is 16.4. The van der Waals surface area contributed by atoms with Crippen molar-refractivity contribution in [3.05, 3.63) is 53.2 Å². The molecule has 106 valence electrons. The Morgan fingerprint density at radius 3 is 3.00 bits per heavy atom. The van der Waals surface area contributed by atoms with Crippen molar-refractivity contribution in [2.75, 3.05) is 0 Å². The summed E-state index contributed by atoms with van der Waals surface area (Å²) in [6.45, 7) is 3.87. The number of oxazole rings is 1. The van der Waals surface area contributed by atoms with Gasteiger partial charge in [0.1, 0.15) is 5.69 Å². The van der Waals surface area contributed by atoms with Gasteiger partial charge in [0.2, 0.25) is 0 Å². The van der Waals surface area contributed by atoms with Gasteiger partial charge in [-0.3, -0.25) is 9.67 Å². The van der Waals surface area contributed by atoms with Gasteiger partial charge in [-0.25, -0.2) is 9.59 Å². The van der Waals surface area contributed by atoms with Crippen molar-refractivity contribution in [3.8, 4) is 11.3 Å². The van der Waals surface area contributed by atoms with E-state index in [1.807, 2.05) is 0 Å². The fourth-order valence-electron chi connectivity index (χ4n) is 2.10. The zero-order chi connectivity index (χ0) is 15.0. The molecule has 0 unspecified atom stereocenters. The smallest absolute Gasteiger partial charge is 0.417 e. The van der Waals surface area contributed by atoms with Gasteiger partial charge in [0.15, 0.2) is 5.58 Å². The number of benzene rings is 1. The van der Waals surface area contributed by atoms with Crippen LogP contribution in [0.1, 0.15) is 10.5 Å². The highest BCUT2D eigenvalue weighted by Crippen LogP contribution is 2.23. The van der Waals surface area contributed by atoms with Gasteiger partial charge in [-0.2, -0.15) is 5.10 Å². The summed E-state index contributed by atoms with van der Waals surface area (Å²) < 4.78 is 6.33. The van der Waals surface area contributed by atoms with Crippen LogP contribution in [-0.4, -0.2) is 25.8 Å². The number of rotatable bonds is 4. The van der Waals surface area contributed by atoms with E-state index in [9.17, 15) is 9.59 Å². The molecular formula is C14H11N3O4. The molecule has 0 amide bonds. The Kier molecular flexibility index (Phi) is 2.94. The number of hydrogen-bond acceptors (Lipinski definition) is 4. The monoisotopic (exact) mass is 285 g/mol. The van der Waals surface area contributed by atoms with Gasteiger partial charge in [-0.05, 0) is 18.2 Å². The van der Waals surface area contributed by atoms with Crippen molar-refractivity contribution < 1.29 is 14.3 Å². The number of hydrogen-bond donors (Lipinski definition) is 2. The number of aromatic carboxylic acids is 1. The molecule has 3 aromatic rings. The summed E-state index contributed by atoms with van der Waals surface area (Å²) >= 11 is 0. The summed E-state index contributed by atoms with van der Waals surface area (Å²) in [4.78, 5) is 24.9. The minimum atomic E-state index is -1.06. The summed E-state index contributed by atoms with van der Waals surface area (Å²) in [6, 6.07) is 6.53. The molecule has 3 rings (SSSR count). The molecule has 21 heavy (non-hydrogen) atoms. The average molecular weight is 285 g/mol. The zero-order valence-electron chi connectivity index (χ0n) is 10.9. The first-order chi connectivity index (χ1) is 10.1.